The summed E-state index contributed by atoms with van der Waals surface area (Å²) >= 11 is 0. The highest BCUT2D eigenvalue weighted by molar-refractivity contribution is 7.86. The third kappa shape index (κ3) is 7.48. The Balaban J connectivity index is 1.34. The summed E-state index contributed by atoms with van der Waals surface area (Å²) in [7, 11) is -3.76. The Morgan fingerprint density at radius 1 is 0.947 bits per heavy atom. The molecule has 2 aromatic rings. The van der Waals surface area contributed by atoms with Crippen LogP contribution in [-0.4, -0.2) is 75.8 Å². The fourth-order valence-electron chi connectivity index (χ4n) is 4.90. The zero-order valence-corrected chi connectivity index (χ0v) is 24.1. The first-order chi connectivity index (χ1) is 17.9. The first kappa shape index (κ1) is 28.4. The van der Waals surface area contributed by atoms with Crippen LogP contribution in [0, 0.1) is 19.8 Å². The predicted octanol–water partition coefficient (Wildman–Crippen LogP) is 4.59. The highest BCUT2D eigenvalue weighted by Gasteiger charge is 2.29. The van der Waals surface area contributed by atoms with Crippen molar-refractivity contribution in [3.63, 3.8) is 0 Å². The number of anilines is 1. The molecule has 0 spiro atoms. The molecule has 2 aliphatic heterocycles. The van der Waals surface area contributed by atoms with Crippen molar-refractivity contribution in [1.82, 2.24) is 9.80 Å². The van der Waals surface area contributed by atoms with Gasteiger partial charge in [0.2, 0.25) is 0 Å². The van der Waals surface area contributed by atoms with Gasteiger partial charge in [0.15, 0.2) is 0 Å². The molecule has 0 N–H and O–H groups in total. The maximum Gasteiger partial charge on any atom is 0.410 e. The van der Waals surface area contributed by atoms with Gasteiger partial charge in [-0.2, -0.15) is 8.42 Å². The number of carbonyl (C=O) groups is 1. The van der Waals surface area contributed by atoms with Gasteiger partial charge in [-0.15, -0.1) is 0 Å². The summed E-state index contributed by atoms with van der Waals surface area (Å²) in [6.07, 6.45) is 0.633. The fraction of sp³-hybridized carbons (Fsp3) is 0.552. The Hall–Kier alpha value is -2.62. The van der Waals surface area contributed by atoms with Gasteiger partial charge in [0, 0.05) is 57.4 Å². The molecule has 0 saturated carbocycles. The second kappa shape index (κ2) is 11.6. The van der Waals surface area contributed by atoms with Crippen molar-refractivity contribution < 1.29 is 22.1 Å². The molecule has 2 fully saturated rings. The zero-order valence-electron chi connectivity index (χ0n) is 23.3. The van der Waals surface area contributed by atoms with E-state index >= 15 is 0 Å². The molecule has 2 heterocycles. The van der Waals surface area contributed by atoms with Crippen LogP contribution in [0.25, 0.3) is 0 Å². The summed E-state index contributed by atoms with van der Waals surface area (Å²) in [5, 5.41) is 0. The lowest BCUT2D eigenvalue weighted by Crippen LogP contribution is -2.49. The van der Waals surface area contributed by atoms with Crippen LogP contribution in [0.4, 0.5) is 10.5 Å². The monoisotopic (exact) mass is 543 g/mol. The van der Waals surface area contributed by atoms with Gasteiger partial charge in [0.05, 0.1) is 11.5 Å². The van der Waals surface area contributed by atoms with Crippen LogP contribution >= 0.6 is 0 Å². The van der Waals surface area contributed by atoms with Crippen molar-refractivity contribution >= 4 is 21.9 Å². The largest absolute Gasteiger partial charge is 0.444 e. The standard InChI is InChI=1S/C29H41N3O5S/c1-22-7-10-26(11-8-22)38(34,35)36-21-24-12-13-32(19-24)27-18-23(2)6-9-25(27)20-30-14-16-31(17-15-30)28(33)37-29(3,4)5/h6-11,18,24H,12-17,19-21H2,1-5H3/t24-/m0/s1. The van der Waals surface area contributed by atoms with E-state index in [1.54, 1.807) is 29.2 Å². The number of hydrogen-bond acceptors (Lipinski definition) is 7. The van der Waals surface area contributed by atoms with Crippen molar-refractivity contribution in [2.24, 2.45) is 5.92 Å². The third-order valence-corrected chi connectivity index (χ3v) is 8.35. The molecule has 0 bridgehead atoms. The summed E-state index contributed by atoms with van der Waals surface area (Å²) in [5.41, 5.74) is 4.15. The van der Waals surface area contributed by atoms with Crippen molar-refractivity contribution in [2.75, 3.05) is 50.8 Å². The van der Waals surface area contributed by atoms with Crippen molar-refractivity contribution in [1.29, 1.82) is 0 Å². The van der Waals surface area contributed by atoms with Gasteiger partial charge in [-0.25, -0.2) is 4.79 Å². The molecule has 0 unspecified atom stereocenters. The molecule has 1 atom stereocenters. The Kier molecular flexibility index (Phi) is 8.69. The molecule has 9 heteroatoms. The predicted molar refractivity (Wildman–Crippen MR) is 149 cm³/mol. The summed E-state index contributed by atoms with van der Waals surface area (Å²) in [6.45, 7) is 15.2. The van der Waals surface area contributed by atoms with E-state index in [1.807, 2.05) is 27.7 Å². The Labute approximate surface area is 227 Å². The summed E-state index contributed by atoms with van der Waals surface area (Å²) in [6, 6.07) is 13.3. The molecule has 4 rings (SSSR count). The maximum absolute atomic E-state index is 12.6. The summed E-state index contributed by atoms with van der Waals surface area (Å²) in [4.78, 5) is 19.1. The molecular formula is C29H41N3O5S. The van der Waals surface area contributed by atoms with Crippen LogP contribution in [0.1, 0.15) is 43.9 Å². The van der Waals surface area contributed by atoms with Crippen LogP contribution in [-0.2, 0) is 25.6 Å². The van der Waals surface area contributed by atoms with E-state index in [0.717, 1.165) is 44.7 Å². The number of amides is 1. The van der Waals surface area contributed by atoms with E-state index in [0.29, 0.717) is 13.1 Å². The lowest BCUT2D eigenvalue weighted by molar-refractivity contribution is 0.0139. The minimum Gasteiger partial charge on any atom is -0.444 e. The third-order valence-electron chi connectivity index (χ3n) is 7.05. The molecule has 2 aliphatic rings. The van der Waals surface area contributed by atoms with Gasteiger partial charge in [-0.1, -0.05) is 29.8 Å². The summed E-state index contributed by atoms with van der Waals surface area (Å²) < 4.78 is 36.2. The molecule has 0 aromatic heterocycles. The average Bonchev–Trinajstić information content (AvgIpc) is 3.33. The number of hydrogen-bond donors (Lipinski definition) is 0. The number of ether oxygens (including phenoxy) is 1. The topological polar surface area (TPSA) is 79.4 Å². The maximum atomic E-state index is 12.6. The van der Waals surface area contributed by atoms with Crippen LogP contribution < -0.4 is 4.90 Å². The van der Waals surface area contributed by atoms with Crippen molar-refractivity contribution in [3.05, 3.63) is 59.2 Å². The van der Waals surface area contributed by atoms with E-state index in [4.69, 9.17) is 8.92 Å². The average molecular weight is 544 g/mol. The lowest BCUT2D eigenvalue weighted by atomic mass is 10.1. The van der Waals surface area contributed by atoms with E-state index in [1.165, 1.54) is 16.8 Å². The van der Waals surface area contributed by atoms with Crippen molar-refractivity contribution in [2.45, 2.75) is 58.1 Å². The van der Waals surface area contributed by atoms with Gasteiger partial charge < -0.3 is 14.5 Å². The number of piperazine rings is 1. The molecule has 2 saturated heterocycles. The second-order valence-corrected chi connectivity index (χ2v) is 13.1. The van der Waals surface area contributed by atoms with Crippen LogP contribution in [0.15, 0.2) is 47.4 Å². The SMILES string of the molecule is Cc1ccc(S(=O)(=O)OC[C@H]2CCN(c3cc(C)ccc3CN3CCN(C(=O)OC(C)(C)C)CC3)C2)cc1. The molecular weight excluding hydrogens is 502 g/mol. The Morgan fingerprint density at radius 3 is 2.26 bits per heavy atom. The summed E-state index contributed by atoms with van der Waals surface area (Å²) in [5.74, 6) is 0.140. The van der Waals surface area contributed by atoms with E-state index in [-0.39, 0.29) is 23.5 Å². The highest BCUT2D eigenvalue weighted by Crippen LogP contribution is 2.30. The Morgan fingerprint density at radius 2 is 1.61 bits per heavy atom. The normalized spacial score (nSPS) is 19.1. The zero-order chi connectivity index (χ0) is 27.5. The molecule has 0 aliphatic carbocycles. The van der Waals surface area contributed by atoms with Crippen LogP contribution in [0.5, 0.6) is 0 Å². The van der Waals surface area contributed by atoms with Crippen molar-refractivity contribution in [3.8, 4) is 0 Å². The van der Waals surface area contributed by atoms with Crippen LogP contribution in [0.3, 0.4) is 0 Å². The number of nitrogens with zero attached hydrogens (tertiary/aromatic N) is 3. The first-order valence-electron chi connectivity index (χ1n) is 13.4. The highest BCUT2D eigenvalue weighted by atomic mass is 32.2. The molecule has 38 heavy (non-hydrogen) atoms. The van der Waals surface area contributed by atoms with Gasteiger partial charge in [0.1, 0.15) is 5.60 Å². The van der Waals surface area contributed by atoms with E-state index in [2.05, 4.69) is 34.9 Å². The minimum atomic E-state index is -3.76. The smallest absolute Gasteiger partial charge is 0.410 e. The van der Waals surface area contributed by atoms with Gasteiger partial charge in [-0.05, 0) is 70.4 Å². The van der Waals surface area contributed by atoms with E-state index < -0.39 is 15.7 Å². The molecule has 2 aromatic carbocycles. The Bertz CT molecular complexity index is 1220. The lowest BCUT2D eigenvalue weighted by Gasteiger charge is -2.36. The second-order valence-electron chi connectivity index (χ2n) is 11.5. The molecule has 8 nitrogen and oxygen atoms in total. The number of rotatable bonds is 7. The fourth-order valence-corrected chi connectivity index (χ4v) is 5.88. The van der Waals surface area contributed by atoms with E-state index in [9.17, 15) is 13.2 Å². The van der Waals surface area contributed by atoms with Gasteiger partial charge >= 0.3 is 6.09 Å². The molecule has 1 amide bonds. The minimum absolute atomic E-state index is 0.140. The number of benzene rings is 2. The van der Waals surface area contributed by atoms with Gasteiger partial charge in [0.25, 0.3) is 10.1 Å². The molecule has 0 radical (unpaired) electrons. The van der Waals surface area contributed by atoms with Gasteiger partial charge in [-0.3, -0.25) is 9.08 Å². The quantitative estimate of drug-likeness (QED) is 0.473. The first-order valence-corrected chi connectivity index (χ1v) is 14.8. The number of carbonyl (C=O) groups excluding carboxylic acids is 1. The van der Waals surface area contributed by atoms with Crippen LogP contribution in [0.2, 0.25) is 0 Å². The molecule has 208 valence electrons. The number of aryl methyl sites for hydroxylation is 2.